The van der Waals surface area contributed by atoms with E-state index in [9.17, 15) is 0 Å². The van der Waals surface area contributed by atoms with Crippen molar-refractivity contribution >= 4 is 15.9 Å². The first-order chi connectivity index (χ1) is 6.63. The smallest absolute Gasteiger partial charge is 0.102 e. The molecule has 1 rings (SSSR count). The van der Waals surface area contributed by atoms with E-state index < -0.39 is 0 Å². The molecule has 4 heteroatoms. The maximum absolute atomic E-state index is 5.51. The van der Waals surface area contributed by atoms with Gasteiger partial charge in [-0.2, -0.15) is 5.10 Å². The Hall–Kier alpha value is -0.350. The summed E-state index contributed by atoms with van der Waals surface area (Å²) in [5, 5.41) is 4.37. The van der Waals surface area contributed by atoms with Crippen molar-refractivity contribution in [3.05, 3.63) is 16.4 Å². The van der Waals surface area contributed by atoms with Crippen LogP contribution in [0.5, 0.6) is 0 Å². The van der Waals surface area contributed by atoms with Crippen molar-refractivity contribution < 1.29 is 4.74 Å². The Bertz CT molecular complexity index is 284. The van der Waals surface area contributed by atoms with Gasteiger partial charge in [-0.1, -0.05) is 13.8 Å². The van der Waals surface area contributed by atoms with Gasteiger partial charge in [0.2, 0.25) is 0 Å². The Morgan fingerprint density at radius 1 is 1.57 bits per heavy atom. The normalized spacial score (nSPS) is 11.2. The molecule has 0 radical (unpaired) electrons. The topological polar surface area (TPSA) is 27.1 Å². The number of rotatable bonds is 5. The van der Waals surface area contributed by atoms with E-state index in [0.717, 1.165) is 23.3 Å². The highest BCUT2D eigenvalue weighted by atomic mass is 79.9. The molecule has 0 fully saturated rings. The Balaban J connectivity index is 2.45. The highest BCUT2D eigenvalue weighted by Gasteiger charge is 2.05. The van der Waals surface area contributed by atoms with Gasteiger partial charge in [-0.15, -0.1) is 0 Å². The third-order valence-corrected chi connectivity index (χ3v) is 2.46. The lowest BCUT2D eigenvalue weighted by atomic mass is 10.2. The van der Waals surface area contributed by atoms with E-state index >= 15 is 0 Å². The summed E-state index contributed by atoms with van der Waals surface area (Å²) in [6.45, 7) is 8.61. The molecule has 0 amide bonds. The lowest BCUT2D eigenvalue weighted by Crippen LogP contribution is -2.03. The summed E-state index contributed by atoms with van der Waals surface area (Å²) in [5.41, 5.74) is 0.979. The van der Waals surface area contributed by atoms with Crippen LogP contribution in [0.1, 0.15) is 26.5 Å². The second-order valence-electron chi connectivity index (χ2n) is 3.69. The van der Waals surface area contributed by atoms with Crippen LogP contribution in [0.15, 0.2) is 10.7 Å². The van der Waals surface area contributed by atoms with Gasteiger partial charge in [0.25, 0.3) is 0 Å². The van der Waals surface area contributed by atoms with Crippen molar-refractivity contribution in [3.8, 4) is 0 Å². The van der Waals surface area contributed by atoms with Crippen LogP contribution in [0.3, 0.4) is 0 Å². The minimum atomic E-state index is 0.571. The molecule has 14 heavy (non-hydrogen) atoms. The van der Waals surface area contributed by atoms with Crippen molar-refractivity contribution in [2.45, 2.75) is 33.9 Å². The second kappa shape index (κ2) is 5.51. The summed E-state index contributed by atoms with van der Waals surface area (Å²) in [5.74, 6) is 0.571. The van der Waals surface area contributed by atoms with Gasteiger partial charge >= 0.3 is 0 Å². The fourth-order valence-electron chi connectivity index (χ4n) is 1.09. The monoisotopic (exact) mass is 260 g/mol. The molecule has 0 spiro atoms. The number of ether oxygens (including phenoxy) is 1. The molecule has 0 aliphatic rings. The van der Waals surface area contributed by atoms with Crippen LogP contribution in [0, 0.1) is 5.92 Å². The summed E-state index contributed by atoms with van der Waals surface area (Å²) in [6.07, 6.45) is 1.98. The number of aromatic nitrogens is 2. The Kier molecular flexibility index (Phi) is 4.62. The molecule has 3 nitrogen and oxygen atoms in total. The fourth-order valence-corrected chi connectivity index (χ4v) is 1.52. The van der Waals surface area contributed by atoms with Crippen LogP contribution < -0.4 is 0 Å². The number of aryl methyl sites for hydroxylation is 1. The molecule has 0 N–H and O–H groups in total. The van der Waals surface area contributed by atoms with Crippen LogP contribution in [0.4, 0.5) is 0 Å². The standard InChI is InChI=1S/C10H17BrN2O/c1-4-13-5-9(11)10(12-13)7-14-6-8(2)3/h5,8H,4,6-7H2,1-3H3. The molecular formula is C10H17BrN2O. The number of nitrogens with zero attached hydrogens (tertiary/aromatic N) is 2. The first kappa shape index (κ1) is 11.7. The summed E-state index contributed by atoms with van der Waals surface area (Å²) >= 11 is 3.46. The molecule has 80 valence electrons. The van der Waals surface area contributed by atoms with E-state index in [1.807, 2.05) is 10.9 Å². The van der Waals surface area contributed by atoms with E-state index in [1.165, 1.54) is 0 Å². The lowest BCUT2D eigenvalue weighted by Gasteiger charge is -2.04. The van der Waals surface area contributed by atoms with Crippen LogP contribution >= 0.6 is 15.9 Å². The van der Waals surface area contributed by atoms with Crippen molar-refractivity contribution in [1.29, 1.82) is 0 Å². The van der Waals surface area contributed by atoms with Crippen LogP contribution in [0.25, 0.3) is 0 Å². The third kappa shape index (κ3) is 3.42. The average Bonchev–Trinajstić information content (AvgIpc) is 2.47. The zero-order valence-corrected chi connectivity index (χ0v) is 10.5. The SMILES string of the molecule is CCn1cc(Br)c(COCC(C)C)n1. The molecule has 0 atom stereocenters. The predicted molar refractivity (Wildman–Crippen MR) is 60.1 cm³/mol. The third-order valence-electron chi connectivity index (χ3n) is 1.80. The molecular weight excluding hydrogens is 244 g/mol. The van der Waals surface area contributed by atoms with Gasteiger partial charge in [-0.25, -0.2) is 0 Å². The summed E-state index contributed by atoms with van der Waals surface area (Å²) in [4.78, 5) is 0. The lowest BCUT2D eigenvalue weighted by molar-refractivity contribution is 0.0940. The van der Waals surface area contributed by atoms with E-state index in [1.54, 1.807) is 0 Å². The number of hydrogen-bond donors (Lipinski definition) is 0. The van der Waals surface area contributed by atoms with E-state index in [0.29, 0.717) is 12.5 Å². The Labute approximate surface area is 93.6 Å². The fraction of sp³-hybridized carbons (Fsp3) is 0.700. The van der Waals surface area contributed by atoms with E-state index in [4.69, 9.17) is 4.74 Å². The van der Waals surface area contributed by atoms with Gasteiger partial charge in [0.05, 0.1) is 11.1 Å². The zero-order valence-electron chi connectivity index (χ0n) is 8.96. The van der Waals surface area contributed by atoms with Crippen molar-refractivity contribution in [1.82, 2.24) is 9.78 Å². The number of halogens is 1. The first-order valence-corrected chi connectivity index (χ1v) is 5.72. The van der Waals surface area contributed by atoms with Gasteiger partial charge in [0.15, 0.2) is 0 Å². The minimum absolute atomic E-state index is 0.571. The molecule has 0 saturated heterocycles. The van der Waals surface area contributed by atoms with Crippen LogP contribution in [0.2, 0.25) is 0 Å². The molecule has 0 bridgehead atoms. The molecule has 0 aromatic carbocycles. The summed E-state index contributed by atoms with van der Waals surface area (Å²) in [7, 11) is 0. The molecule has 0 aliphatic heterocycles. The van der Waals surface area contributed by atoms with E-state index in [2.05, 4.69) is 41.8 Å². The van der Waals surface area contributed by atoms with Crippen molar-refractivity contribution in [2.75, 3.05) is 6.61 Å². The molecule has 0 aliphatic carbocycles. The second-order valence-corrected chi connectivity index (χ2v) is 4.54. The zero-order chi connectivity index (χ0) is 10.6. The molecule has 1 aromatic heterocycles. The molecule has 0 unspecified atom stereocenters. The first-order valence-electron chi connectivity index (χ1n) is 4.93. The van der Waals surface area contributed by atoms with Gasteiger partial charge in [0, 0.05) is 19.3 Å². The summed E-state index contributed by atoms with van der Waals surface area (Å²) < 4.78 is 8.45. The van der Waals surface area contributed by atoms with Crippen molar-refractivity contribution in [3.63, 3.8) is 0 Å². The van der Waals surface area contributed by atoms with Gasteiger partial charge in [0.1, 0.15) is 5.69 Å². The van der Waals surface area contributed by atoms with Crippen LogP contribution in [-0.2, 0) is 17.9 Å². The number of hydrogen-bond acceptors (Lipinski definition) is 2. The molecule has 1 heterocycles. The Morgan fingerprint density at radius 2 is 2.29 bits per heavy atom. The van der Waals surface area contributed by atoms with Crippen molar-refractivity contribution in [2.24, 2.45) is 5.92 Å². The maximum Gasteiger partial charge on any atom is 0.102 e. The highest BCUT2D eigenvalue weighted by Crippen LogP contribution is 2.15. The predicted octanol–water partition coefficient (Wildman–Crippen LogP) is 2.84. The molecule has 0 saturated carbocycles. The van der Waals surface area contributed by atoms with Gasteiger partial charge in [-0.3, -0.25) is 4.68 Å². The minimum Gasteiger partial charge on any atom is -0.375 e. The quantitative estimate of drug-likeness (QED) is 0.814. The largest absolute Gasteiger partial charge is 0.375 e. The molecule has 1 aromatic rings. The summed E-state index contributed by atoms with van der Waals surface area (Å²) in [6, 6.07) is 0. The Morgan fingerprint density at radius 3 is 2.79 bits per heavy atom. The van der Waals surface area contributed by atoms with Crippen LogP contribution in [-0.4, -0.2) is 16.4 Å². The highest BCUT2D eigenvalue weighted by molar-refractivity contribution is 9.10. The van der Waals surface area contributed by atoms with E-state index in [-0.39, 0.29) is 0 Å². The average molecular weight is 261 g/mol. The van der Waals surface area contributed by atoms with Gasteiger partial charge < -0.3 is 4.74 Å². The van der Waals surface area contributed by atoms with Gasteiger partial charge in [-0.05, 0) is 28.8 Å². The maximum atomic E-state index is 5.51.